The number of ketones is 1. The Hall–Kier alpha value is -1.16. The van der Waals surface area contributed by atoms with Gasteiger partial charge in [-0.2, -0.15) is 0 Å². The van der Waals surface area contributed by atoms with Crippen molar-refractivity contribution in [1.29, 1.82) is 0 Å². The van der Waals surface area contributed by atoms with Crippen LogP contribution in [0.2, 0.25) is 0 Å². The normalized spacial score (nSPS) is 41.2. The summed E-state index contributed by atoms with van der Waals surface area (Å²) in [4.78, 5) is 12.2. The van der Waals surface area contributed by atoms with E-state index in [-0.39, 0.29) is 10.7 Å². The van der Waals surface area contributed by atoms with Gasteiger partial charge in [0.2, 0.25) is 0 Å². The lowest BCUT2D eigenvalue weighted by Crippen LogP contribution is -2.36. The van der Waals surface area contributed by atoms with Crippen molar-refractivity contribution in [3.63, 3.8) is 0 Å². The van der Waals surface area contributed by atoms with Crippen LogP contribution in [-0.4, -0.2) is 25.2 Å². The number of sulfone groups is 1. The minimum atomic E-state index is -3.09. The van der Waals surface area contributed by atoms with E-state index in [0.29, 0.717) is 41.1 Å². The van der Waals surface area contributed by atoms with Crippen LogP contribution in [0.5, 0.6) is 0 Å². The first-order valence-corrected chi connectivity index (χ1v) is 14.8. The lowest BCUT2D eigenvalue weighted by atomic mass is 9.61. The van der Waals surface area contributed by atoms with Crippen LogP contribution in [-0.2, 0) is 14.6 Å². The predicted octanol–water partition coefficient (Wildman–Crippen LogP) is 6.21. The second-order valence-corrected chi connectivity index (χ2v) is 14.1. The molecule has 1 unspecified atom stereocenters. The Morgan fingerprint density at radius 2 is 1.91 bits per heavy atom. The number of fused-ring (bicyclic) bond motifs is 1. The third-order valence-corrected chi connectivity index (χ3v) is 11.6. The Balaban J connectivity index is 1.38. The van der Waals surface area contributed by atoms with Gasteiger partial charge in [0.05, 0.1) is 5.75 Å². The Bertz CT molecular complexity index is 980. The molecule has 32 heavy (non-hydrogen) atoms. The van der Waals surface area contributed by atoms with Crippen molar-refractivity contribution >= 4 is 15.6 Å². The number of carbonyl (C=O) groups is 1. The molecule has 3 nitrogen and oxygen atoms in total. The fraction of sp³-hybridized carbons (Fsp3) is 0.750. The lowest BCUT2D eigenvalue weighted by Gasteiger charge is -2.44. The van der Waals surface area contributed by atoms with Crippen molar-refractivity contribution in [1.82, 2.24) is 0 Å². The average molecular weight is 457 g/mol. The first-order valence-electron chi connectivity index (χ1n) is 13.0. The summed E-state index contributed by atoms with van der Waals surface area (Å²) < 4.78 is 26.3. The number of hydrogen-bond acceptors (Lipinski definition) is 3. The fourth-order valence-corrected chi connectivity index (χ4v) is 9.73. The van der Waals surface area contributed by atoms with Gasteiger partial charge < -0.3 is 0 Å². The van der Waals surface area contributed by atoms with Gasteiger partial charge in [0, 0.05) is 5.92 Å². The van der Waals surface area contributed by atoms with Gasteiger partial charge in [-0.25, -0.2) is 8.42 Å². The molecule has 0 bridgehead atoms. The highest BCUT2D eigenvalue weighted by Gasteiger charge is 2.51. The molecule has 3 saturated carbocycles. The smallest absolute Gasteiger partial charge is 0.164 e. The minimum absolute atomic E-state index is 0.218. The van der Waals surface area contributed by atoms with Crippen molar-refractivity contribution in [2.24, 2.45) is 35.0 Å². The molecule has 1 heterocycles. The van der Waals surface area contributed by atoms with Crippen molar-refractivity contribution in [3.8, 4) is 0 Å². The molecule has 0 saturated heterocycles. The molecular formula is C28H40O3S. The zero-order chi connectivity index (χ0) is 22.7. The second-order valence-electron chi connectivity index (χ2n) is 11.9. The standard InChI is InChI=1S/C28H40O3S/c1-18-6-8-22-17-32(30,31)27(23(22)15-18)16-21-5-4-14-28(3)24(11-12-25(21)28)19(2)7-13-26(29)20-9-10-20/h7,13,16,18-20,24-25,27H,4-6,8-12,14-15,17H2,1-3H3/b13-7+,21-16+/t18-,19+,24?,25-,27-,28+/m0/s1. The maximum atomic E-state index is 13.1. The first kappa shape index (κ1) is 22.6. The molecule has 5 rings (SSSR count). The van der Waals surface area contributed by atoms with E-state index >= 15 is 0 Å². The Labute approximate surface area is 194 Å². The quantitative estimate of drug-likeness (QED) is 0.365. The third kappa shape index (κ3) is 3.99. The summed E-state index contributed by atoms with van der Waals surface area (Å²) in [5.74, 6) is 2.98. The molecule has 0 aromatic heterocycles. The molecule has 176 valence electrons. The van der Waals surface area contributed by atoms with E-state index in [1.165, 1.54) is 29.6 Å². The molecule has 1 aliphatic heterocycles. The van der Waals surface area contributed by atoms with E-state index in [2.05, 4.69) is 32.9 Å². The summed E-state index contributed by atoms with van der Waals surface area (Å²) in [5.41, 5.74) is 4.11. The maximum Gasteiger partial charge on any atom is 0.164 e. The monoisotopic (exact) mass is 456 g/mol. The van der Waals surface area contributed by atoms with Gasteiger partial charge >= 0.3 is 0 Å². The first-order chi connectivity index (χ1) is 15.2. The Morgan fingerprint density at radius 1 is 1.12 bits per heavy atom. The number of rotatable bonds is 5. The summed E-state index contributed by atoms with van der Waals surface area (Å²) in [6.45, 7) is 7.00. The Morgan fingerprint density at radius 3 is 2.66 bits per heavy atom. The van der Waals surface area contributed by atoms with Crippen LogP contribution in [0.4, 0.5) is 0 Å². The van der Waals surface area contributed by atoms with Gasteiger partial charge in [-0.05, 0) is 105 Å². The number of allylic oxidation sites excluding steroid dienone is 3. The third-order valence-electron chi connectivity index (χ3n) is 9.65. The zero-order valence-electron chi connectivity index (χ0n) is 20.1. The van der Waals surface area contributed by atoms with Crippen LogP contribution < -0.4 is 0 Å². The summed E-state index contributed by atoms with van der Waals surface area (Å²) in [6, 6.07) is 0. The van der Waals surface area contributed by atoms with Crippen LogP contribution >= 0.6 is 0 Å². The van der Waals surface area contributed by atoms with Gasteiger partial charge in [-0.1, -0.05) is 44.1 Å². The molecule has 6 atom stereocenters. The lowest BCUT2D eigenvalue weighted by molar-refractivity contribution is -0.115. The molecule has 0 radical (unpaired) electrons. The topological polar surface area (TPSA) is 51.2 Å². The fourth-order valence-electron chi connectivity index (χ4n) is 7.66. The van der Waals surface area contributed by atoms with Crippen LogP contribution in [0, 0.1) is 35.0 Å². The van der Waals surface area contributed by atoms with Crippen LogP contribution in [0.25, 0.3) is 0 Å². The largest absolute Gasteiger partial charge is 0.295 e. The molecule has 5 aliphatic rings. The molecule has 4 heteroatoms. The van der Waals surface area contributed by atoms with E-state index < -0.39 is 9.84 Å². The summed E-state index contributed by atoms with van der Waals surface area (Å²) in [7, 11) is -3.09. The van der Waals surface area contributed by atoms with Gasteiger partial charge in [0.25, 0.3) is 0 Å². The second kappa shape index (κ2) is 8.25. The number of carbonyl (C=O) groups excluding carboxylic acids is 1. The molecule has 0 aromatic carbocycles. The van der Waals surface area contributed by atoms with Crippen LogP contribution in [0.1, 0.15) is 85.0 Å². The molecule has 0 spiro atoms. The van der Waals surface area contributed by atoms with Crippen molar-refractivity contribution in [2.45, 2.75) is 90.2 Å². The van der Waals surface area contributed by atoms with Gasteiger partial charge in [0.15, 0.2) is 15.6 Å². The van der Waals surface area contributed by atoms with Gasteiger partial charge in [0.1, 0.15) is 5.25 Å². The van der Waals surface area contributed by atoms with E-state index in [1.807, 2.05) is 6.08 Å². The summed E-state index contributed by atoms with van der Waals surface area (Å²) >= 11 is 0. The molecular weight excluding hydrogens is 416 g/mol. The van der Waals surface area contributed by atoms with Crippen LogP contribution in [0.3, 0.4) is 0 Å². The molecule has 4 aliphatic carbocycles. The van der Waals surface area contributed by atoms with Gasteiger partial charge in [-0.3, -0.25) is 4.79 Å². The highest BCUT2D eigenvalue weighted by atomic mass is 32.2. The molecule has 0 N–H and O–H groups in total. The van der Waals surface area contributed by atoms with E-state index in [0.717, 1.165) is 51.4 Å². The zero-order valence-corrected chi connectivity index (χ0v) is 20.9. The SMILES string of the molecule is C[C@H]1CCC2=C(C1)[C@H](/C=C1\CCC[C@]3(C)C([C@H](C)/C=C/C(=O)C4CC4)CC[C@@H]13)S(=O)(=O)C2. The molecule has 0 aromatic rings. The Kier molecular flexibility index (Phi) is 5.83. The minimum Gasteiger partial charge on any atom is -0.295 e. The highest BCUT2D eigenvalue weighted by Crippen LogP contribution is 2.60. The highest BCUT2D eigenvalue weighted by molar-refractivity contribution is 7.92. The van der Waals surface area contributed by atoms with Crippen molar-refractivity contribution in [3.05, 3.63) is 34.9 Å². The average Bonchev–Trinajstić information content (AvgIpc) is 3.48. The van der Waals surface area contributed by atoms with Crippen molar-refractivity contribution < 1.29 is 13.2 Å². The molecule has 0 amide bonds. The predicted molar refractivity (Wildman–Crippen MR) is 130 cm³/mol. The van der Waals surface area contributed by atoms with Gasteiger partial charge in [-0.15, -0.1) is 0 Å². The van der Waals surface area contributed by atoms with Crippen molar-refractivity contribution in [2.75, 3.05) is 5.75 Å². The van der Waals surface area contributed by atoms with Crippen LogP contribution in [0.15, 0.2) is 34.9 Å². The number of hydrogen-bond donors (Lipinski definition) is 0. The maximum absolute atomic E-state index is 13.1. The summed E-state index contributed by atoms with van der Waals surface area (Å²) in [6.07, 6.45) is 17.2. The van der Waals surface area contributed by atoms with E-state index in [1.54, 1.807) is 0 Å². The molecule has 3 fully saturated rings. The van der Waals surface area contributed by atoms with E-state index in [4.69, 9.17) is 0 Å². The summed E-state index contributed by atoms with van der Waals surface area (Å²) in [5, 5.41) is -0.356. The van der Waals surface area contributed by atoms with E-state index in [9.17, 15) is 13.2 Å².